The molecule has 3 aromatic rings. The molecule has 0 fully saturated rings. The van der Waals surface area contributed by atoms with E-state index in [1.807, 2.05) is 54.0 Å². The van der Waals surface area contributed by atoms with Crippen LogP contribution in [0.1, 0.15) is 5.56 Å². The van der Waals surface area contributed by atoms with Gasteiger partial charge in [0.05, 0.1) is 17.1 Å². The third-order valence-electron chi connectivity index (χ3n) is 3.43. The van der Waals surface area contributed by atoms with Gasteiger partial charge in [0.1, 0.15) is 6.33 Å². The van der Waals surface area contributed by atoms with Crippen molar-refractivity contribution in [1.82, 2.24) is 14.8 Å². The second-order valence-corrected chi connectivity index (χ2v) is 7.75. The molecule has 5 nitrogen and oxygen atoms in total. The topological polar surface area (TPSA) is 59.8 Å². The molecule has 0 aliphatic heterocycles. The second-order valence-electron chi connectivity index (χ2n) is 5.23. The summed E-state index contributed by atoms with van der Waals surface area (Å²) < 4.78 is 2.81. The van der Waals surface area contributed by atoms with E-state index in [0.717, 1.165) is 20.5 Å². The Labute approximate surface area is 168 Å². The number of anilines is 1. The van der Waals surface area contributed by atoms with Crippen LogP contribution in [0.3, 0.4) is 0 Å². The molecule has 0 unspecified atom stereocenters. The molecule has 3 rings (SSSR count). The number of carbonyl (C=O) groups is 1. The van der Waals surface area contributed by atoms with Crippen molar-refractivity contribution in [2.45, 2.75) is 12.1 Å². The number of thioether (sulfide) groups is 1. The van der Waals surface area contributed by atoms with E-state index < -0.39 is 0 Å². The number of carbonyl (C=O) groups excluding carboxylic acids is 1. The standard InChI is InChI=1S/C17H14ClIN4OS/c1-11-6-7-12(8-13(11)18)23-10-20-22-17(23)25-9-16(24)21-15-5-3-2-4-14(15)19/h2-8,10H,9H2,1H3,(H,21,24). The Balaban J connectivity index is 1.68. The summed E-state index contributed by atoms with van der Waals surface area (Å²) in [6.07, 6.45) is 1.61. The van der Waals surface area contributed by atoms with Crippen molar-refractivity contribution in [3.63, 3.8) is 0 Å². The molecule has 0 aliphatic carbocycles. The molecule has 2 aromatic carbocycles. The van der Waals surface area contributed by atoms with Crippen molar-refractivity contribution < 1.29 is 4.79 Å². The van der Waals surface area contributed by atoms with Crippen LogP contribution in [0.15, 0.2) is 53.9 Å². The molecule has 0 radical (unpaired) electrons. The van der Waals surface area contributed by atoms with Gasteiger partial charge in [-0.15, -0.1) is 10.2 Å². The molecular formula is C17H14ClIN4OS. The van der Waals surface area contributed by atoms with E-state index in [9.17, 15) is 4.79 Å². The highest BCUT2D eigenvalue weighted by Crippen LogP contribution is 2.24. The first-order chi connectivity index (χ1) is 12.0. The number of hydrogen-bond donors (Lipinski definition) is 1. The molecule has 1 amide bonds. The third kappa shape index (κ3) is 4.53. The van der Waals surface area contributed by atoms with Crippen molar-refractivity contribution in [3.8, 4) is 5.69 Å². The maximum Gasteiger partial charge on any atom is 0.234 e. The minimum Gasteiger partial charge on any atom is -0.324 e. The average Bonchev–Trinajstić information content (AvgIpc) is 3.06. The van der Waals surface area contributed by atoms with Gasteiger partial charge in [0, 0.05) is 8.59 Å². The molecule has 25 heavy (non-hydrogen) atoms. The van der Waals surface area contributed by atoms with E-state index in [4.69, 9.17) is 11.6 Å². The van der Waals surface area contributed by atoms with Gasteiger partial charge in [0.2, 0.25) is 5.91 Å². The summed E-state index contributed by atoms with van der Waals surface area (Å²) >= 11 is 9.70. The molecule has 0 saturated carbocycles. The van der Waals surface area contributed by atoms with Gasteiger partial charge < -0.3 is 5.32 Å². The Bertz CT molecular complexity index is 915. The molecule has 0 atom stereocenters. The predicted molar refractivity (Wildman–Crippen MR) is 110 cm³/mol. The lowest BCUT2D eigenvalue weighted by Gasteiger charge is -2.09. The first-order valence-electron chi connectivity index (χ1n) is 7.38. The van der Waals surface area contributed by atoms with Gasteiger partial charge in [-0.1, -0.05) is 41.6 Å². The van der Waals surface area contributed by atoms with Gasteiger partial charge >= 0.3 is 0 Å². The summed E-state index contributed by atoms with van der Waals surface area (Å²) in [4.78, 5) is 12.2. The number of aromatic nitrogens is 3. The van der Waals surface area contributed by atoms with Crippen LogP contribution in [-0.4, -0.2) is 26.4 Å². The highest BCUT2D eigenvalue weighted by atomic mass is 127. The highest BCUT2D eigenvalue weighted by Gasteiger charge is 2.12. The fourth-order valence-corrected chi connectivity index (χ4v) is 3.54. The largest absolute Gasteiger partial charge is 0.324 e. The van der Waals surface area contributed by atoms with Crippen molar-refractivity contribution in [1.29, 1.82) is 0 Å². The zero-order valence-electron chi connectivity index (χ0n) is 13.2. The van der Waals surface area contributed by atoms with Gasteiger partial charge in [-0.3, -0.25) is 9.36 Å². The zero-order valence-corrected chi connectivity index (χ0v) is 17.0. The Kier molecular flexibility index (Phi) is 5.98. The lowest BCUT2D eigenvalue weighted by Crippen LogP contribution is -2.15. The number of para-hydroxylation sites is 1. The fourth-order valence-electron chi connectivity index (χ4n) is 2.11. The Morgan fingerprint density at radius 1 is 1.32 bits per heavy atom. The molecular weight excluding hydrogens is 471 g/mol. The smallest absolute Gasteiger partial charge is 0.234 e. The van der Waals surface area contributed by atoms with Crippen molar-refractivity contribution in [2.24, 2.45) is 0 Å². The van der Waals surface area contributed by atoms with Gasteiger partial charge in [-0.25, -0.2) is 0 Å². The van der Waals surface area contributed by atoms with E-state index in [0.29, 0.717) is 10.2 Å². The van der Waals surface area contributed by atoms with E-state index in [1.165, 1.54) is 11.8 Å². The van der Waals surface area contributed by atoms with Crippen LogP contribution in [0.5, 0.6) is 0 Å². The predicted octanol–water partition coefficient (Wildman–Crippen LogP) is 4.56. The van der Waals surface area contributed by atoms with Gasteiger partial charge in [0.15, 0.2) is 5.16 Å². The molecule has 0 spiro atoms. The molecule has 1 heterocycles. The number of aryl methyl sites for hydroxylation is 1. The minimum atomic E-state index is -0.0920. The number of nitrogens with one attached hydrogen (secondary N) is 1. The van der Waals surface area contributed by atoms with Crippen molar-refractivity contribution in [2.75, 3.05) is 11.1 Å². The molecule has 0 saturated heterocycles. The van der Waals surface area contributed by atoms with Gasteiger partial charge in [0.25, 0.3) is 0 Å². The van der Waals surface area contributed by atoms with Crippen LogP contribution in [0.2, 0.25) is 5.02 Å². The van der Waals surface area contributed by atoms with Crippen LogP contribution in [-0.2, 0) is 4.79 Å². The first-order valence-corrected chi connectivity index (χ1v) is 9.82. The van der Waals surface area contributed by atoms with Crippen molar-refractivity contribution in [3.05, 3.63) is 62.9 Å². The molecule has 1 N–H and O–H groups in total. The monoisotopic (exact) mass is 484 g/mol. The SMILES string of the molecule is Cc1ccc(-n2cnnc2SCC(=O)Nc2ccccc2I)cc1Cl. The number of hydrogen-bond acceptors (Lipinski definition) is 4. The highest BCUT2D eigenvalue weighted by molar-refractivity contribution is 14.1. The van der Waals surface area contributed by atoms with E-state index in [-0.39, 0.29) is 11.7 Å². The van der Waals surface area contributed by atoms with E-state index >= 15 is 0 Å². The molecule has 128 valence electrons. The summed E-state index contributed by atoms with van der Waals surface area (Å²) in [5.41, 5.74) is 2.67. The number of amides is 1. The summed E-state index contributed by atoms with van der Waals surface area (Å²) in [5, 5.41) is 12.3. The van der Waals surface area contributed by atoms with Crippen LogP contribution in [0, 0.1) is 10.5 Å². The Morgan fingerprint density at radius 2 is 2.12 bits per heavy atom. The van der Waals surface area contributed by atoms with Crippen LogP contribution in [0.4, 0.5) is 5.69 Å². The first kappa shape index (κ1) is 18.2. The van der Waals surface area contributed by atoms with Crippen LogP contribution in [0.25, 0.3) is 5.69 Å². The lowest BCUT2D eigenvalue weighted by molar-refractivity contribution is -0.113. The van der Waals surface area contributed by atoms with E-state index in [2.05, 4.69) is 38.1 Å². The number of halogens is 2. The average molecular weight is 485 g/mol. The normalized spacial score (nSPS) is 10.7. The second kappa shape index (κ2) is 8.20. The molecule has 0 bridgehead atoms. The fraction of sp³-hybridized carbons (Fsp3) is 0.118. The maximum absolute atomic E-state index is 12.2. The Hall–Kier alpha value is -1.58. The van der Waals surface area contributed by atoms with Crippen molar-refractivity contribution >= 4 is 57.5 Å². The minimum absolute atomic E-state index is 0.0920. The van der Waals surface area contributed by atoms with Gasteiger partial charge in [-0.05, 0) is 59.3 Å². The van der Waals surface area contributed by atoms with Gasteiger partial charge in [-0.2, -0.15) is 0 Å². The maximum atomic E-state index is 12.2. The quantitative estimate of drug-likeness (QED) is 0.426. The number of benzene rings is 2. The van der Waals surface area contributed by atoms with Crippen LogP contribution < -0.4 is 5.32 Å². The Morgan fingerprint density at radius 3 is 2.88 bits per heavy atom. The summed E-state index contributed by atoms with van der Waals surface area (Å²) in [7, 11) is 0. The van der Waals surface area contributed by atoms with Crippen LogP contribution >= 0.6 is 46.0 Å². The lowest BCUT2D eigenvalue weighted by atomic mass is 10.2. The summed E-state index contributed by atoms with van der Waals surface area (Å²) in [6.45, 7) is 1.95. The summed E-state index contributed by atoms with van der Waals surface area (Å²) in [6, 6.07) is 13.4. The number of rotatable bonds is 5. The molecule has 1 aromatic heterocycles. The third-order valence-corrected chi connectivity index (χ3v) is 5.72. The zero-order chi connectivity index (χ0) is 17.8. The summed E-state index contributed by atoms with van der Waals surface area (Å²) in [5.74, 6) is 0.147. The molecule has 0 aliphatic rings. The van der Waals surface area contributed by atoms with E-state index in [1.54, 1.807) is 6.33 Å². The molecule has 8 heteroatoms. The number of nitrogens with zero attached hydrogens (tertiary/aromatic N) is 3.